The highest BCUT2D eigenvalue weighted by Crippen LogP contribution is 2.18. The molecule has 1 heterocycles. The Kier molecular flexibility index (Phi) is 3.22. The average molecular weight is 280 g/mol. The maximum atomic E-state index is 12.8. The summed E-state index contributed by atoms with van der Waals surface area (Å²) in [7, 11) is 1.61. The van der Waals surface area contributed by atoms with Gasteiger partial charge in [0.15, 0.2) is 0 Å². The van der Waals surface area contributed by atoms with Crippen molar-refractivity contribution in [2.75, 3.05) is 7.11 Å². The van der Waals surface area contributed by atoms with Crippen LogP contribution in [-0.2, 0) is 0 Å². The smallest absolute Gasteiger partial charge is 0.265 e. The highest BCUT2D eigenvalue weighted by molar-refractivity contribution is 5.78. The second kappa shape index (κ2) is 5.05. The first kappa shape index (κ1) is 13.4. The first-order valence-corrected chi connectivity index (χ1v) is 6.74. The van der Waals surface area contributed by atoms with Crippen LogP contribution in [0.4, 0.5) is 0 Å². The molecule has 1 aromatic heterocycles. The average Bonchev–Trinajstić information content (AvgIpc) is 2.48. The van der Waals surface area contributed by atoms with E-state index in [2.05, 4.69) is 4.98 Å². The lowest BCUT2D eigenvalue weighted by Gasteiger charge is -2.12. The minimum atomic E-state index is -0.0607. The molecule has 0 aliphatic heterocycles. The van der Waals surface area contributed by atoms with Crippen molar-refractivity contribution >= 4 is 10.9 Å². The zero-order valence-corrected chi connectivity index (χ0v) is 12.3. The maximum absolute atomic E-state index is 12.8. The Labute approximate surface area is 122 Å². The van der Waals surface area contributed by atoms with Gasteiger partial charge in [0.05, 0.1) is 23.7 Å². The SMILES string of the molecule is COc1cccc(-n2c(C)nc3ccc(C)cc3c2=O)c1. The van der Waals surface area contributed by atoms with E-state index < -0.39 is 0 Å². The van der Waals surface area contributed by atoms with Crippen molar-refractivity contribution in [3.05, 3.63) is 64.2 Å². The lowest BCUT2D eigenvalue weighted by atomic mass is 10.1. The molecule has 0 bridgehead atoms. The monoisotopic (exact) mass is 280 g/mol. The van der Waals surface area contributed by atoms with Crippen LogP contribution in [0.5, 0.6) is 5.75 Å². The third-order valence-corrected chi connectivity index (χ3v) is 3.50. The van der Waals surface area contributed by atoms with Crippen LogP contribution < -0.4 is 10.3 Å². The quantitative estimate of drug-likeness (QED) is 0.724. The van der Waals surface area contributed by atoms with Gasteiger partial charge in [-0.3, -0.25) is 9.36 Å². The third kappa shape index (κ3) is 2.29. The number of aromatic nitrogens is 2. The van der Waals surface area contributed by atoms with Crippen molar-refractivity contribution < 1.29 is 4.74 Å². The Balaban J connectivity index is 2.34. The van der Waals surface area contributed by atoms with Crippen molar-refractivity contribution in [2.24, 2.45) is 0 Å². The third-order valence-electron chi connectivity index (χ3n) is 3.50. The van der Waals surface area contributed by atoms with Gasteiger partial charge in [0.2, 0.25) is 0 Å². The largest absolute Gasteiger partial charge is 0.497 e. The number of hydrogen-bond acceptors (Lipinski definition) is 3. The highest BCUT2D eigenvalue weighted by Gasteiger charge is 2.10. The van der Waals surface area contributed by atoms with E-state index in [1.807, 2.05) is 56.3 Å². The number of ether oxygens (including phenoxy) is 1. The van der Waals surface area contributed by atoms with Crippen molar-refractivity contribution in [3.63, 3.8) is 0 Å². The number of fused-ring (bicyclic) bond motifs is 1. The van der Waals surface area contributed by atoms with E-state index in [1.165, 1.54) is 0 Å². The number of rotatable bonds is 2. The normalized spacial score (nSPS) is 10.8. The van der Waals surface area contributed by atoms with Gasteiger partial charge in [-0.15, -0.1) is 0 Å². The van der Waals surface area contributed by atoms with Gasteiger partial charge >= 0.3 is 0 Å². The lowest BCUT2D eigenvalue weighted by molar-refractivity contribution is 0.414. The molecule has 0 saturated heterocycles. The molecule has 0 N–H and O–H groups in total. The summed E-state index contributed by atoms with van der Waals surface area (Å²) in [5.74, 6) is 1.37. The molecule has 0 amide bonds. The Hall–Kier alpha value is -2.62. The molecule has 0 radical (unpaired) electrons. The molecule has 0 spiro atoms. The highest BCUT2D eigenvalue weighted by atomic mass is 16.5. The van der Waals surface area contributed by atoms with E-state index in [9.17, 15) is 4.79 Å². The maximum Gasteiger partial charge on any atom is 0.265 e. The van der Waals surface area contributed by atoms with Crippen LogP contribution in [0, 0.1) is 13.8 Å². The van der Waals surface area contributed by atoms with Gasteiger partial charge in [-0.1, -0.05) is 17.7 Å². The van der Waals surface area contributed by atoms with Crippen LogP contribution in [0.1, 0.15) is 11.4 Å². The van der Waals surface area contributed by atoms with Gasteiger partial charge < -0.3 is 4.74 Å². The molecule has 0 aliphatic carbocycles. The molecule has 0 fully saturated rings. The summed E-state index contributed by atoms with van der Waals surface area (Å²) in [6, 6.07) is 13.1. The minimum absolute atomic E-state index is 0.0607. The van der Waals surface area contributed by atoms with Gasteiger partial charge in [0.25, 0.3) is 5.56 Å². The van der Waals surface area contributed by atoms with Crippen LogP contribution in [0.25, 0.3) is 16.6 Å². The fraction of sp³-hybridized carbons (Fsp3) is 0.176. The predicted octanol–water partition coefficient (Wildman–Crippen LogP) is 3.01. The van der Waals surface area contributed by atoms with Gasteiger partial charge in [0, 0.05) is 6.07 Å². The summed E-state index contributed by atoms with van der Waals surface area (Å²) in [6.07, 6.45) is 0. The minimum Gasteiger partial charge on any atom is -0.497 e. The number of benzene rings is 2. The fourth-order valence-electron chi connectivity index (χ4n) is 2.46. The van der Waals surface area contributed by atoms with Crippen molar-refractivity contribution in [1.29, 1.82) is 0 Å². The summed E-state index contributed by atoms with van der Waals surface area (Å²) in [5.41, 5.74) is 2.46. The Morgan fingerprint density at radius 2 is 1.90 bits per heavy atom. The molecule has 21 heavy (non-hydrogen) atoms. The summed E-state index contributed by atoms with van der Waals surface area (Å²) < 4.78 is 6.84. The summed E-state index contributed by atoms with van der Waals surface area (Å²) >= 11 is 0. The van der Waals surface area contributed by atoms with Gasteiger partial charge in [-0.2, -0.15) is 0 Å². The Morgan fingerprint density at radius 1 is 1.10 bits per heavy atom. The summed E-state index contributed by atoms with van der Waals surface area (Å²) in [6.45, 7) is 3.80. The molecule has 106 valence electrons. The second-order valence-electron chi connectivity index (χ2n) is 5.02. The van der Waals surface area contributed by atoms with Crippen LogP contribution >= 0.6 is 0 Å². The van der Waals surface area contributed by atoms with Gasteiger partial charge in [0.1, 0.15) is 11.6 Å². The van der Waals surface area contributed by atoms with Crippen molar-refractivity contribution in [2.45, 2.75) is 13.8 Å². The zero-order chi connectivity index (χ0) is 15.0. The molecule has 0 unspecified atom stereocenters. The number of nitrogens with zero attached hydrogens (tertiary/aromatic N) is 2. The van der Waals surface area contributed by atoms with Gasteiger partial charge in [-0.05, 0) is 38.1 Å². The van der Waals surface area contributed by atoms with Crippen LogP contribution in [-0.4, -0.2) is 16.7 Å². The number of methoxy groups -OCH3 is 1. The van der Waals surface area contributed by atoms with E-state index in [4.69, 9.17) is 4.74 Å². The molecular formula is C17H16N2O2. The molecule has 0 saturated carbocycles. The van der Waals surface area contributed by atoms with Crippen molar-refractivity contribution in [1.82, 2.24) is 9.55 Å². The van der Waals surface area contributed by atoms with Crippen molar-refractivity contribution in [3.8, 4) is 11.4 Å². The van der Waals surface area contributed by atoms with Gasteiger partial charge in [-0.25, -0.2) is 4.98 Å². The first-order valence-electron chi connectivity index (χ1n) is 6.74. The summed E-state index contributed by atoms with van der Waals surface area (Å²) in [5, 5.41) is 0.628. The molecular weight excluding hydrogens is 264 g/mol. The second-order valence-corrected chi connectivity index (χ2v) is 5.02. The molecule has 2 aromatic carbocycles. The molecule has 3 rings (SSSR count). The van der Waals surface area contributed by atoms with Crippen LogP contribution in [0.2, 0.25) is 0 Å². The Morgan fingerprint density at radius 3 is 2.67 bits per heavy atom. The Bertz CT molecular complexity index is 882. The first-order chi connectivity index (χ1) is 10.1. The molecule has 4 nitrogen and oxygen atoms in total. The van der Waals surface area contributed by atoms with E-state index in [1.54, 1.807) is 11.7 Å². The zero-order valence-electron chi connectivity index (χ0n) is 12.3. The standard InChI is InChI=1S/C17H16N2O2/c1-11-7-8-16-15(9-11)17(20)19(12(2)18-16)13-5-4-6-14(10-13)21-3/h4-10H,1-3H3. The topological polar surface area (TPSA) is 44.1 Å². The van der Waals surface area contributed by atoms with Crippen LogP contribution in [0.15, 0.2) is 47.3 Å². The molecule has 4 heteroatoms. The summed E-state index contributed by atoms with van der Waals surface area (Å²) in [4.78, 5) is 17.3. The fourth-order valence-corrected chi connectivity index (χ4v) is 2.46. The predicted molar refractivity (Wildman–Crippen MR) is 83.4 cm³/mol. The molecule has 0 atom stereocenters. The number of hydrogen-bond donors (Lipinski definition) is 0. The van der Waals surface area contributed by atoms with E-state index >= 15 is 0 Å². The lowest BCUT2D eigenvalue weighted by Crippen LogP contribution is -2.22. The number of aryl methyl sites for hydroxylation is 2. The molecule has 3 aromatic rings. The van der Waals surface area contributed by atoms with Crippen LogP contribution in [0.3, 0.4) is 0 Å². The molecule has 0 aliphatic rings. The van der Waals surface area contributed by atoms with E-state index in [-0.39, 0.29) is 5.56 Å². The van der Waals surface area contributed by atoms with E-state index in [0.29, 0.717) is 17.0 Å². The van der Waals surface area contributed by atoms with E-state index in [0.717, 1.165) is 16.8 Å².